The first-order chi connectivity index (χ1) is 18.6. The molecule has 0 spiro atoms. The van der Waals surface area contributed by atoms with Gasteiger partial charge < -0.3 is 14.8 Å². The number of rotatable bonds is 11. The van der Waals surface area contributed by atoms with Gasteiger partial charge in [-0.3, -0.25) is 9.59 Å². The highest BCUT2D eigenvalue weighted by molar-refractivity contribution is 9.10. The van der Waals surface area contributed by atoms with E-state index in [9.17, 15) is 14.0 Å². The molecule has 0 saturated heterocycles. The van der Waals surface area contributed by atoms with Gasteiger partial charge in [-0.2, -0.15) is 5.10 Å². The third-order valence-corrected chi connectivity index (χ3v) is 6.63. The molecule has 0 fully saturated rings. The predicted octanol–water partition coefficient (Wildman–Crippen LogP) is 6.78. The molecule has 0 saturated carbocycles. The fraction of sp³-hybridized carbons (Fsp3) is 0.250. The number of hydrazone groups is 1. The van der Waals surface area contributed by atoms with Gasteiger partial charge in [-0.15, -0.1) is 0 Å². The fourth-order valence-corrected chi connectivity index (χ4v) is 4.49. The molecule has 3 aromatic rings. The molecular weight excluding hydrogens is 612 g/mol. The quantitative estimate of drug-likeness (QED) is 0.179. The van der Waals surface area contributed by atoms with Crippen LogP contribution in [0.25, 0.3) is 0 Å². The molecule has 39 heavy (non-hydrogen) atoms. The lowest BCUT2D eigenvalue weighted by molar-refractivity contribution is -0.123. The van der Waals surface area contributed by atoms with Gasteiger partial charge in [0.05, 0.1) is 17.3 Å². The van der Waals surface area contributed by atoms with Crippen LogP contribution in [0.1, 0.15) is 42.3 Å². The number of hydrogen-bond donors (Lipinski definition) is 2. The molecule has 0 bridgehead atoms. The van der Waals surface area contributed by atoms with Crippen LogP contribution < -0.4 is 20.2 Å². The van der Waals surface area contributed by atoms with Gasteiger partial charge in [0.1, 0.15) is 18.5 Å². The maximum atomic E-state index is 13.2. The van der Waals surface area contributed by atoms with Gasteiger partial charge in [-0.25, -0.2) is 9.82 Å². The van der Waals surface area contributed by atoms with E-state index < -0.39 is 23.7 Å². The summed E-state index contributed by atoms with van der Waals surface area (Å²) >= 11 is 15.7. The molecule has 0 aliphatic rings. The summed E-state index contributed by atoms with van der Waals surface area (Å²) in [5.41, 5.74) is 4.09. The molecule has 0 aliphatic heterocycles. The van der Waals surface area contributed by atoms with Crippen molar-refractivity contribution in [2.24, 2.45) is 11.0 Å². The Hall–Kier alpha value is -3.14. The summed E-state index contributed by atoms with van der Waals surface area (Å²) in [5, 5.41) is 7.74. The number of nitrogens with zero attached hydrogens (tertiary/aromatic N) is 1. The van der Waals surface area contributed by atoms with Crippen molar-refractivity contribution in [3.63, 3.8) is 0 Å². The molecule has 0 heterocycles. The van der Waals surface area contributed by atoms with E-state index in [-0.39, 0.29) is 18.1 Å². The largest absolute Gasteiger partial charge is 0.490 e. The van der Waals surface area contributed by atoms with Gasteiger partial charge in [0.25, 0.3) is 11.8 Å². The van der Waals surface area contributed by atoms with Gasteiger partial charge in [0.15, 0.2) is 11.5 Å². The van der Waals surface area contributed by atoms with Crippen LogP contribution in [-0.4, -0.2) is 30.7 Å². The van der Waals surface area contributed by atoms with Crippen LogP contribution in [0.2, 0.25) is 10.0 Å². The van der Waals surface area contributed by atoms with Crippen molar-refractivity contribution in [3.8, 4) is 11.5 Å². The number of halogens is 4. The van der Waals surface area contributed by atoms with Crippen molar-refractivity contribution in [3.05, 3.63) is 91.6 Å². The van der Waals surface area contributed by atoms with Crippen LogP contribution in [0.3, 0.4) is 0 Å². The second-order valence-corrected chi connectivity index (χ2v) is 10.4. The average Bonchev–Trinajstić information content (AvgIpc) is 2.88. The Kier molecular flexibility index (Phi) is 11.2. The second kappa shape index (κ2) is 14.3. The first-order valence-corrected chi connectivity index (χ1v) is 13.6. The standard InChI is InChI=1S/C28H27BrCl2FN3O4/c1-4-38-24-12-17(11-22(29)26(24)39-15-19-5-8-20(30)13-23(19)31)14-33-35-28(37)25(16(2)3)34-27(36)18-6-9-21(32)10-7-18/h5-14,16,25H,4,15H2,1-3H3,(H,34,36)(H,35,37). The number of ether oxygens (including phenoxy) is 2. The Morgan fingerprint density at radius 2 is 1.79 bits per heavy atom. The van der Waals surface area contributed by atoms with Crippen molar-refractivity contribution < 1.29 is 23.5 Å². The average molecular weight is 639 g/mol. The summed E-state index contributed by atoms with van der Waals surface area (Å²) in [6, 6.07) is 12.8. The summed E-state index contributed by atoms with van der Waals surface area (Å²) in [4.78, 5) is 25.3. The van der Waals surface area contributed by atoms with E-state index in [0.717, 1.165) is 5.56 Å². The minimum Gasteiger partial charge on any atom is -0.490 e. The maximum Gasteiger partial charge on any atom is 0.262 e. The molecular formula is C28H27BrCl2FN3O4. The van der Waals surface area contributed by atoms with Crippen molar-refractivity contribution in [1.82, 2.24) is 10.7 Å². The van der Waals surface area contributed by atoms with E-state index in [4.69, 9.17) is 32.7 Å². The Labute approximate surface area is 244 Å². The van der Waals surface area contributed by atoms with Crippen LogP contribution in [0.4, 0.5) is 4.39 Å². The van der Waals surface area contributed by atoms with Crippen LogP contribution >= 0.6 is 39.1 Å². The SMILES string of the molecule is CCOc1cc(C=NNC(=O)C(NC(=O)c2ccc(F)cc2)C(C)C)cc(Br)c1OCc1ccc(Cl)cc1Cl. The zero-order chi connectivity index (χ0) is 28.5. The molecule has 2 N–H and O–H groups in total. The van der Waals surface area contributed by atoms with E-state index in [1.54, 1.807) is 44.2 Å². The molecule has 0 aromatic heterocycles. The molecule has 2 amide bonds. The van der Waals surface area contributed by atoms with Crippen LogP contribution in [0, 0.1) is 11.7 Å². The van der Waals surface area contributed by atoms with E-state index in [1.165, 1.54) is 30.5 Å². The Bertz CT molecular complexity index is 1350. The molecule has 0 radical (unpaired) electrons. The van der Waals surface area contributed by atoms with Crippen LogP contribution in [0.15, 0.2) is 64.2 Å². The summed E-state index contributed by atoms with van der Waals surface area (Å²) in [5.74, 6) is -0.726. The summed E-state index contributed by atoms with van der Waals surface area (Å²) < 4.78 is 25.5. The molecule has 1 unspecified atom stereocenters. The normalized spacial score (nSPS) is 11.9. The molecule has 206 valence electrons. The van der Waals surface area contributed by atoms with Crippen molar-refractivity contribution >= 4 is 57.2 Å². The molecule has 7 nitrogen and oxygen atoms in total. The third kappa shape index (κ3) is 8.68. The third-order valence-electron chi connectivity index (χ3n) is 5.45. The predicted molar refractivity (Wildman–Crippen MR) is 154 cm³/mol. The highest BCUT2D eigenvalue weighted by Gasteiger charge is 2.24. The minimum atomic E-state index is -0.860. The van der Waals surface area contributed by atoms with Gasteiger partial charge in [0.2, 0.25) is 0 Å². The molecule has 11 heteroatoms. The van der Waals surface area contributed by atoms with Crippen LogP contribution in [-0.2, 0) is 11.4 Å². The number of hydrogen-bond acceptors (Lipinski definition) is 5. The first-order valence-electron chi connectivity index (χ1n) is 12.0. The topological polar surface area (TPSA) is 89.0 Å². The van der Waals surface area contributed by atoms with E-state index >= 15 is 0 Å². The molecule has 3 rings (SSSR count). The monoisotopic (exact) mass is 637 g/mol. The van der Waals surface area contributed by atoms with E-state index in [1.807, 2.05) is 6.92 Å². The van der Waals surface area contributed by atoms with Crippen molar-refractivity contribution in [1.29, 1.82) is 0 Å². The fourth-order valence-electron chi connectivity index (χ4n) is 3.45. The molecule has 0 aliphatic carbocycles. The van der Waals surface area contributed by atoms with Crippen molar-refractivity contribution in [2.45, 2.75) is 33.4 Å². The maximum absolute atomic E-state index is 13.2. The number of carbonyl (C=O) groups is 2. The zero-order valence-electron chi connectivity index (χ0n) is 21.4. The van der Waals surface area contributed by atoms with Gasteiger partial charge in [0, 0.05) is 21.2 Å². The minimum absolute atomic E-state index is 0.193. The number of amides is 2. The molecule has 3 aromatic carbocycles. The Morgan fingerprint density at radius 1 is 1.08 bits per heavy atom. The smallest absolute Gasteiger partial charge is 0.262 e. The lowest BCUT2D eigenvalue weighted by Crippen LogP contribution is -2.48. The number of nitrogens with one attached hydrogen (secondary N) is 2. The van der Waals surface area contributed by atoms with E-state index in [0.29, 0.717) is 38.2 Å². The van der Waals surface area contributed by atoms with Gasteiger partial charge in [-0.05, 0) is 82.9 Å². The summed E-state index contributed by atoms with van der Waals surface area (Å²) in [7, 11) is 0. The van der Waals surface area contributed by atoms with Gasteiger partial charge in [-0.1, -0.05) is 43.1 Å². The highest BCUT2D eigenvalue weighted by atomic mass is 79.9. The first kappa shape index (κ1) is 30.4. The second-order valence-electron chi connectivity index (χ2n) is 8.72. The zero-order valence-corrected chi connectivity index (χ0v) is 24.5. The number of benzene rings is 3. The molecule has 1 atom stereocenters. The van der Waals surface area contributed by atoms with Crippen molar-refractivity contribution in [2.75, 3.05) is 6.61 Å². The summed E-state index contributed by atoms with van der Waals surface area (Å²) in [6.45, 7) is 6.02. The lowest BCUT2D eigenvalue weighted by atomic mass is 10.0. The van der Waals surface area contributed by atoms with Gasteiger partial charge >= 0.3 is 0 Å². The Balaban J connectivity index is 1.69. The number of carbonyl (C=O) groups excluding carboxylic acids is 2. The van der Waals surface area contributed by atoms with Crippen LogP contribution in [0.5, 0.6) is 11.5 Å². The van der Waals surface area contributed by atoms with E-state index in [2.05, 4.69) is 31.8 Å². The Morgan fingerprint density at radius 3 is 2.44 bits per heavy atom. The highest BCUT2D eigenvalue weighted by Crippen LogP contribution is 2.37. The summed E-state index contributed by atoms with van der Waals surface area (Å²) in [6.07, 6.45) is 1.45. The lowest BCUT2D eigenvalue weighted by Gasteiger charge is -2.20.